The molecular weight excluding hydrogens is 274 g/mol. The fourth-order valence-electron chi connectivity index (χ4n) is 1.79. The molecule has 0 radical (unpaired) electrons. The molecule has 1 aromatic heterocycles. The molecule has 1 aromatic carbocycles. The van der Waals surface area contributed by atoms with Gasteiger partial charge >= 0.3 is 0 Å². The number of benzene rings is 1. The Morgan fingerprint density at radius 3 is 2.75 bits per heavy atom. The first-order valence-electron chi connectivity index (χ1n) is 5.88. The summed E-state index contributed by atoms with van der Waals surface area (Å²) in [4.78, 5) is 17.0. The number of nitriles is 1. The third kappa shape index (κ3) is 2.78. The second-order valence-electron chi connectivity index (χ2n) is 4.13. The van der Waals surface area contributed by atoms with E-state index >= 15 is 0 Å². The molecule has 0 aliphatic heterocycles. The molecule has 1 amide bonds. The largest absolute Gasteiger partial charge is 0.495 e. The number of thiazole rings is 1. The van der Waals surface area contributed by atoms with Crippen molar-refractivity contribution in [3.63, 3.8) is 0 Å². The Morgan fingerprint density at radius 2 is 2.20 bits per heavy atom. The lowest BCUT2D eigenvalue weighted by molar-refractivity contribution is 0.102. The van der Waals surface area contributed by atoms with Crippen LogP contribution < -0.4 is 10.1 Å². The Morgan fingerprint density at radius 1 is 1.45 bits per heavy atom. The molecule has 5 nitrogen and oxygen atoms in total. The van der Waals surface area contributed by atoms with Crippen LogP contribution in [-0.2, 0) is 0 Å². The quantitative estimate of drug-likeness (QED) is 0.941. The van der Waals surface area contributed by atoms with Crippen LogP contribution in [0.15, 0.2) is 18.2 Å². The van der Waals surface area contributed by atoms with Crippen LogP contribution in [0, 0.1) is 25.2 Å². The topological polar surface area (TPSA) is 75.0 Å². The number of hydrogen-bond acceptors (Lipinski definition) is 5. The number of ether oxygens (including phenoxy) is 1. The minimum absolute atomic E-state index is 0.226. The van der Waals surface area contributed by atoms with Gasteiger partial charge in [0.05, 0.1) is 35.1 Å². The number of carbonyl (C=O) groups is 1. The van der Waals surface area contributed by atoms with Gasteiger partial charge in [-0.25, -0.2) is 4.98 Å². The van der Waals surface area contributed by atoms with E-state index < -0.39 is 0 Å². The van der Waals surface area contributed by atoms with E-state index in [1.54, 1.807) is 25.1 Å². The molecule has 20 heavy (non-hydrogen) atoms. The van der Waals surface area contributed by atoms with Gasteiger partial charge in [-0.05, 0) is 26.0 Å². The summed E-state index contributed by atoms with van der Waals surface area (Å²) in [6.45, 7) is 3.66. The van der Waals surface area contributed by atoms with E-state index in [-0.39, 0.29) is 5.91 Å². The summed E-state index contributed by atoms with van der Waals surface area (Å²) in [5, 5.41) is 12.5. The van der Waals surface area contributed by atoms with Crippen molar-refractivity contribution in [3.05, 3.63) is 39.3 Å². The summed E-state index contributed by atoms with van der Waals surface area (Å²) < 4.78 is 5.18. The normalized spacial score (nSPS) is 9.90. The maximum Gasteiger partial charge on any atom is 0.267 e. The third-order valence-corrected chi connectivity index (χ3v) is 3.76. The minimum Gasteiger partial charge on any atom is -0.495 e. The van der Waals surface area contributed by atoms with Gasteiger partial charge in [-0.15, -0.1) is 11.3 Å². The molecule has 0 saturated carbocycles. The van der Waals surface area contributed by atoms with Gasteiger partial charge in [0.1, 0.15) is 10.6 Å². The predicted molar refractivity (Wildman–Crippen MR) is 77.3 cm³/mol. The van der Waals surface area contributed by atoms with Crippen molar-refractivity contribution in [1.29, 1.82) is 5.26 Å². The van der Waals surface area contributed by atoms with Crippen molar-refractivity contribution in [2.24, 2.45) is 0 Å². The van der Waals surface area contributed by atoms with Crippen LogP contribution >= 0.6 is 11.3 Å². The summed E-state index contributed by atoms with van der Waals surface area (Å²) >= 11 is 1.35. The number of anilines is 1. The molecule has 0 bridgehead atoms. The van der Waals surface area contributed by atoms with Gasteiger partial charge in [-0.1, -0.05) is 0 Å². The van der Waals surface area contributed by atoms with Gasteiger partial charge < -0.3 is 10.1 Å². The minimum atomic E-state index is -0.226. The molecule has 0 saturated heterocycles. The Balaban J connectivity index is 2.28. The average molecular weight is 287 g/mol. The van der Waals surface area contributed by atoms with Crippen LogP contribution in [0.1, 0.15) is 25.9 Å². The Kier molecular flexibility index (Phi) is 4.01. The Bertz CT molecular complexity index is 701. The smallest absolute Gasteiger partial charge is 0.267 e. The summed E-state index contributed by atoms with van der Waals surface area (Å²) in [5.74, 6) is 0.229. The number of rotatable bonds is 3. The third-order valence-electron chi connectivity index (χ3n) is 2.69. The summed E-state index contributed by atoms with van der Waals surface area (Å²) in [6, 6.07) is 6.89. The summed E-state index contributed by atoms with van der Waals surface area (Å²) in [7, 11) is 1.49. The first-order chi connectivity index (χ1) is 9.55. The standard InChI is InChI=1S/C14H13N3O2S/c1-8-13(20-9(2)16-8)14(18)17-11-5-4-10(7-15)6-12(11)19-3/h4-6H,1-3H3,(H,17,18). The second-order valence-corrected chi connectivity index (χ2v) is 5.33. The molecule has 6 heteroatoms. The van der Waals surface area contributed by atoms with Crippen molar-refractivity contribution in [2.45, 2.75) is 13.8 Å². The molecule has 0 aliphatic rings. The Hall–Kier alpha value is -2.39. The molecule has 0 fully saturated rings. The fraction of sp³-hybridized carbons (Fsp3) is 0.214. The molecule has 0 unspecified atom stereocenters. The second kappa shape index (κ2) is 5.72. The van der Waals surface area contributed by atoms with Gasteiger partial charge in [0.25, 0.3) is 5.91 Å². The zero-order valence-corrected chi connectivity index (χ0v) is 12.2. The average Bonchev–Trinajstić information content (AvgIpc) is 2.78. The van der Waals surface area contributed by atoms with Crippen LogP contribution in [0.5, 0.6) is 5.75 Å². The zero-order valence-electron chi connectivity index (χ0n) is 11.4. The van der Waals surface area contributed by atoms with E-state index in [0.717, 1.165) is 5.01 Å². The molecule has 2 rings (SSSR count). The van der Waals surface area contributed by atoms with E-state index in [1.807, 2.05) is 13.0 Å². The highest BCUT2D eigenvalue weighted by atomic mass is 32.1. The number of aryl methyl sites for hydroxylation is 2. The highest BCUT2D eigenvalue weighted by Gasteiger charge is 2.15. The first kappa shape index (κ1) is 14.0. The number of aromatic nitrogens is 1. The van der Waals surface area contributed by atoms with Gasteiger partial charge in [-0.3, -0.25) is 4.79 Å². The molecule has 1 N–H and O–H groups in total. The van der Waals surface area contributed by atoms with Crippen LogP contribution in [0.2, 0.25) is 0 Å². The fourth-order valence-corrected chi connectivity index (χ4v) is 2.60. The lowest BCUT2D eigenvalue weighted by Gasteiger charge is -2.09. The SMILES string of the molecule is COc1cc(C#N)ccc1NC(=O)c1sc(C)nc1C. The Labute approximate surface area is 120 Å². The van der Waals surface area contributed by atoms with Crippen molar-refractivity contribution in [3.8, 4) is 11.8 Å². The van der Waals surface area contributed by atoms with Gasteiger partial charge in [0.15, 0.2) is 0 Å². The molecule has 0 spiro atoms. The van der Waals surface area contributed by atoms with Crippen molar-refractivity contribution in [1.82, 2.24) is 4.98 Å². The number of carbonyl (C=O) groups excluding carboxylic acids is 1. The number of nitrogens with zero attached hydrogens (tertiary/aromatic N) is 2. The van der Waals surface area contributed by atoms with Crippen LogP contribution in [0.25, 0.3) is 0 Å². The van der Waals surface area contributed by atoms with E-state index in [1.165, 1.54) is 18.4 Å². The zero-order chi connectivity index (χ0) is 14.7. The monoisotopic (exact) mass is 287 g/mol. The van der Waals surface area contributed by atoms with E-state index in [4.69, 9.17) is 10.00 Å². The van der Waals surface area contributed by atoms with Gasteiger partial charge in [0, 0.05) is 6.07 Å². The van der Waals surface area contributed by atoms with Crippen LogP contribution in [0.3, 0.4) is 0 Å². The van der Waals surface area contributed by atoms with E-state index in [9.17, 15) is 4.79 Å². The molecule has 0 aliphatic carbocycles. The predicted octanol–water partition coefficient (Wildman–Crippen LogP) is 2.89. The van der Waals surface area contributed by atoms with Crippen molar-refractivity contribution in [2.75, 3.05) is 12.4 Å². The number of hydrogen-bond donors (Lipinski definition) is 1. The number of amides is 1. The maximum absolute atomic E-state index is 12.2. The summed E-state index contributed by atoms with van der Waals surface area (Å²) in [5.41, 5.74) is 1.71. The van der Waals surface area contributed by atoms with Gasteiger partial charge in [0.2, 0.25) is 0 Å². The molecule has 102 valence electrons. The van der Waals surface area contributed by atoms with Crippen LogP contribution in [0.4, 0.5) is 5.69 Å². The molecule has 2 aromatic rings. The van der Waals surface area contributed by atoms with Gasteiger partial charge in [-0.2, -0.15) is 5.26 Å². The first-order valence-corrected chi connectivity index (χ1v) is 6.70. The van der Waals surface area contributed by atoms with Crippen LogP contribution in [-0.4, -0.2) is 18.0 Å². The molecule has 1 heterocycles. The summed E-state index contributed by atoms with van der Waals surface area (Å²) in [6.07, 6.45) is 0. The lowest BCUT2D eigenvalue weighted by Crippen LogP contribution is -2.12. The lowest BCUT2D eigenvalue weighted by atomic mass is 10.2. The highest BCUT2D eigenvalue weighted by molar-refractivity contribution is 7.13. The maximum atomic E-state index is 12.2. The van der Waals surface area contributed by atoms with Crippen molar-refractivity contribution >= 4 is 22.9 Å². The van der Waals surface area contributed by atoms with E-state index in [0.29, 0.717) is 27.6 Å². The van der Waals surface area contributed by atoms with E-state index in [2.05, 4.69) is 10.3 Å². The van der Waals surface area contributed by atoms with Crippen molar-refractivity contribution < 1.29 is 9.53 Å². The number of nitrogens with one attached hydrogen (secondary N) is 1. The number of methoxy groups -OCH3 is 1. The molecule has 0 atom stereocenters. The highest BCUT2D eigenvalue weighted by Crippen LogP contribution is 2.27. The molecular formula is C14H13N3O2S.